The molecule has 3 heterocycles. The molecule has 3 aliphatic heterocycles. The monoisotopic (exact) mass is 379 g/mol. The predicted molar refractivity (Wildman–Crippen MR) is 113 cm³/mol. The van der Waals surface area contributed by atoms with Crippen LogP contribution in [0, 0.1) is 0 Å². The van der Waals surface area contributed by atoms with Gasteiger partial charge in [-0.2, -0.15) is 0 Å². The number of likely N-dealkylation sites (tertiary alicyclic amines) is 1. The Hall–Kier alpha value is -2.60. The van der Waals surface area contributed by atoms with Crippen molar-refractivity contribution in [2.75, 3.05) is 32.1 Å². The van der Waals surface area contributed by atoms with Gasteiger partial charge in [-0.05, 0) is 56.6 Å². The lowest BCUT2D eigenvalue weighted by Gasteiger charge is -2.34. The lowest BCUT2D eigenvalue weighted by atomic mass is 9.87. The number of likely N-dealkylation sites (N-methyl/N-ethyl adjacent to an activating group) is 1. The van der Waals surface area contributed by atoms with E-state index in [9.17, 15) is 4.79 Å². The van der Waals surface area contributed by atoms with Gasteiger partial charge in [-0.25, -0.2) is 4.99 Å². The van der Waals surface area contributed by atoms with Gasteiger partial charge in [0, 0.05) is 31.5 Å². The number of anilines is 1. The zero-order chi connectivity index (χ0) is 19.9. The standard InChI is InChI=1S/C22H29N5O/c1-22(14-20(28)26(3)21(23)24-22)17-8-4-9-18(13-17)27-12-5-7-16(15-27)19-10-6-11-25(19)2/h4-5,7-9,13,15,19H,6,10-12,14H2,1-3H3,(H2,23,24)/t19?,22-/m0/s1. The second kappa shape index (κ2) is 7.09. The number of benzene rings is 1. The van der Waals surface area contributed by atoms with Crippen LogP contribution in [0.3, 0.4) is 0 Å². The quantitative estimate of drug-likeness (QED) is 0.876. The molecule has 1 aromatic rings. The van der Waals surface area contributed by atoms with Crippen molar-refractivity contribution in [3.05, 3.63) is 53.8 Å². The maximum absolute atomic E-state index is 12.3. The van der Waals surface area contributed by atoms with Crippen LogP contribution in [0.5, 0.6) is 0 Å². The third kappa shape index (κ3) is 3.33. The van der Waals surface area contributed by atoms with Gasteiger partial charge < -0.3 is 10.6 Å². The first-order valence-corrected chi connectivity index (χ1v) is 9.95. The van der Waals surface area contributed by atoms with Gasteiger partial charge in [0.15, 0.2) is 5.96 Å². The third-order valence-electron chi connectivity index (χ3n) is 6.20. The summed E-state index contributed by atoms with van der Waals surface area (Å²) >= 11 is 0. The highest BCUT2D eigenvalue weighted by atomic mass is 16.2. The van der Waals surface area contributed by atoms with Crippen molar-refractivity contribution in [3.63, 3.8) is 0 Å². The molecule has 2 atom stereocenters. The molecule has 0 saturated carbocycles. The van der Waals surface area contributed by atoms with Crippen LogP contribution in [0.4, 0.5) is 5.69 Å². The Morgan fingerprint density at radius 1 is 1.29 bits per heavy atom. The molecule has 2 N–H and O–H groups in total. The second-order valence-electron chi connectivity index (χ2n) is 8.25. The SMILES string of the molecule is CN1C(=O)C[C@@](C)(c2cccc(N3C=C(C4CCCN4C)C=CC3)c2)N=C1N. The first kappa shape index (κ1) is 18.7. The minimum Gasteiger partial charge on any atom is -0.369 e. The summed E-state index contributed by atoms with van der Waals surface area (Å²) in [5.41, 5.74) is 8.84. The number of carbonyl (C=O) groups is 1. The highest BCUT2D eigenvalue weighted by Crippen LogP contribution is 2.35. The van der Waals surface area contributed by atoms with E-state index in [4.69, 9.17) is 5.73 Å². The van der Waals surface area contributed by atoms with Crippen LogP contribution in [0.15, 0.2) is 53.2 Å². The summed E-state index contributed by atoms with van der Waals surface area (Å²) in [7, 11) is 3.87. The van der Waals surface area contributed by atoms with Crippen LogP contribution >= 0.6 is 0 Å². The fourth-order valence-corrected chi connectivity index (χ4v) is 4.38. The Morgan fingerprint density at radius 2 is 2.11 bits per heavy atom. The molecule has 0 spiro atoms. The number of amides is 1. The number of hydrogen-bond donors (Lipinski definition) is 1. The van der Waals surface area contributed by atoms with Crippen molar-refractivity contribution in [1.82, 2.24) is 9.80 Å². The van der Waals surface area contributed by atoms with E-state index >= 15 is 0 Å². The van der Waals surface area contributed by atoms with Crippen molar-refractivity contribution in [2.24, 2.45) is 10.7 Å². The van der Waals surface area contributed by atoms with Crippen molar-refractivity contribution >= 4 is 17.6 Å². The first-order valence-electron chi connectivity index (χ1n) is 9.95. The number of nitrogens with two attached hydrogens (primary N) is 1. The number of nitrogens with zero attached hydrogens (tertiary/aromatic N) is 4. The van der Waals surface area contributed by atoms with Crippen LogP contribution < -0.4 is 10.6 Å². The van der Waals surface area contributed by atoms with E-state index in [0.29, 0.717) is 12.5 Å². The summed E-state index contributed by atoms with van der Waals surface area (Å²) in [4.78, 5) is 23.1. The molecular formula is C22H29N5O. The largest absolute Gasteiger partial charge is 0.369 e. The molecule has 28 heavy (non-hydrogen) atoms. The molecule has 0 aliphatic carbocycles. The van der Waals surface area contributed by atoms with E-state index in [-0.39, 0.29) is 11.9 Å². The van der Waals surface area contributed by atoms with Gasteiger partial charge in [0.1, 0.15) is 0 Å². The Kier molecular flexibility index (Phi) is 4.75. The summed E-state index contributed by atoms with van der Waals surface area (Å²) in [5, 5.41) is 0. The van der Waals surface area contributed by atoms with Gasteiger partial charge in [-0.15, -0.1) is 0 Å². The molecule has 6 heteroatoms. The number of carbonyl (C=O) groups excluding carboxylic acids is 1. The average molecular weight is 380 g/mol. The van der Waals surface area contributed by atoms with E-state index < -0.39 is 5.54 Å². The predicted octanol–water partition coefficient (Wildman–Crippen LogP) is 2.43. The topological polar surface area (TPSA) is 65.2 Å². The van der Waals surface area contributed by atoms with Gasteiger partial charge >= 0.3 is 0 Å². The van der Waals surface area contributed by atoms with Crippen molar-refractivity contribution in [2.45, 2.75) is 37.8 Å². The van der Waals surface area contributed by atoms with E-state index in [1.165, 1.54) is 23.3 Å². The van der Waals surface area contributed by atoms with Crippen molar-refractivity contribution < 1.29 is 4.79 Å². The molecule has 1 aromatic carbocycles. The van der Waals surface area contributed by atoms with Gasteiger partial charge in [0.2, 0.25) is 5.91 Å². The van der Waals surface area contributed by atoms with Gasteiger partial charge in [-0.3, -0.25) is 14.6 Å². The highest BCUT2D eigenvalue weighted by molar-refractivity contribution is 5.98. The van der Waals surface area contributed by atoms with E-state index in [2.05, 4.69) is 52.3 Å². The number of hydrogen-bond acceptors (Lipinski definition) is 5. The van der Waals surface area contributed by atoms with Crippen LogP contribution in [0.1, 0.15) is 31.7 Å². The third-order valence-corrected chi connectivity index (χ3v) is 6.20. The number of guanidine groups is 1. The van der Waals surface area contributed by atoms with Gasteiger partial charge in [-0.1, -0.05) is 24.3 Å². The molecule has 0 aromatic heterocycles. The highest BCUT2D eigenvalue weighted by Gasteiger charge is 2.36. The first-order chi connectivity index (χ1) is 13.4. The van der Waals surface area contributed by atoms with E-state index in [1.54, 1.807) is 7.05 Å². The normalized spacial score (nSPS) is 28.5. The molecule has 148 valence electrons. The second-order valence-corrected chi connectivity index (χ2v) is 8.25. The summed E-state index contributed by atoms with van der Waals surface area (Å²) < 4.78 is 0. The number of rotatable bonds is 3. The molecular weight excluding hydrogens is 350 g/mol. The summed E-state index contributed by atoms with van der Waals surface area (Å²) in [6.07, 6.45) is 9.54. The molecule has 6 nitrogen and oxygen atoms in total. The zero-order valence-electron chi connectivity index (χ0n) is 16.9. The molecule has 1 saturated heterocycles. The van der Waals surface area contributed by atoms with Gasteiger partial charge in [0.05, 0.1) is 12.0 Å². The van der Waals surface area contributed by atoms with Crippen LogP contribution in [0.25, 0.3) is 0 Å². The Labute approximate surface area is 167 Å². The molecule has 4 rings (SSSR count). The summed E-state index contributed by atoms with van der Waals surface area (Å²) in [6.45, 7) is 3.98. The van der Waals surface area contributed by atoms with Gasteiger partial charge in [0.25, 0.3) is 0 Å². The molecule has 3 aliphatic rings. The van der Waals surface area contributed by atoms with Crippen molar-refractivity contribution in [1.29, 1.82) is 0 Å². The lowest BCUT2D eigenvalue weighted by Crippen LogP contribution is -2.47. The summed E-state index contributed by atoms with van der Waals surface area (Å²) in [6, 6.07) is 8.82. The van der Waals surface area contributed by atoms with Crippen LogP contribution in [0.2, 0.25) is 0 Å². The lowest BCUT2D eigenvalue weighted by molar-refractivity contribution is -0.128. The Balaban J connectivity index is 1.63. The Morgan fingerprint density at radius 3 is 2.82 bits per heavy atom. The van der Waals surface area contributed by atoms with E-state index in [0.717, 1.165) is 24.3 Å². The van der Waals surface area contributed by atoms with E-state index in [1.807, 2.05) is 19.1 Å². The molecule has 0 radical (unpaired) electrons. The smallest absolute Gasteiger partial charge is 0.231 e. The fraction of sp³-hybridized carbons (Fsp3) is 0.455. The average Bonchev–Trinajstić information content (AvgIpc) is 3.12. The minimum atomic E-state index is -0.631. The minimum absolute atomic E-state index is 0.00670. The van der Waals surface area contributed by atoms with Crippen molar-refractivity contribution in [3.8, 4) is 0 Å². The van der Waals surface area contributed by atoms with Crippen LogP contribution in [-0.4, -0.2) is 54.9 Å². The Bertz CT molecular complexity index is 873. The molecule has 1 unspecified atom stereocenters. The maximum Gasteiger partial charge on any atom is 0.231 e. The zero-order valence-corrected chi connectivity index (χ0v) is 16.9. The number of aliphatic imine (C=N–C) groups is 1. The molecule has 0 bridgehead atoms. The van der Waals surface area contributed by atoms with Crippen LogP contribution in [-0.2, 0) is 10.3 Å². The molecule has 1 amide bonds. The fourth-order valence-electron chi connectivity index (χ4n) is 4.38. The maximum atomic E-state index is 12.3. The summed E-state index contributed by atoms with van der Waals surface area (Å²) in [5.74, 6) is 0.268. The molecule has 1 fully saturated rings.